The minimum Gasteiger partial charge on any atom is -0.352 e. The zero-order valence-corrected chi connectivity index (χ0v) is 12.9. The van der Waals surface area contributed by atoms with Crippen LogP contribution in [0.15, 0.2) is 10.8 Å². The Hall–Kier alpha value is -0.870. The molecule has 0 bridgehead atoms. The van der Waals surface area contributed by atoms with Crippen LogP contribution < -0.4 is 11.1 Å². The molecular weight excluding hydrogens is 256 g/mol. The summed E-state index contributed by atoms with van der Waals surface area (Å²) in [5.74, 6) is 0.757. The zero-order chi connectivity index (χ0) is 14.1. The molecule has 1 amide bonds. The molecule has 0 saturated carbocycles. The molecule has 1 atom stereocenters. The van der Waals surface area contributed by atoms with Crippen LogP contribution in [-0.4, -0.2) is 12.5 Å². The van der Waals surface area contributed by atoms with Gasteiger partial charge in [0.25, 0.3) is 0 Å². The van der Waals surface area contributed by atoms with Crippen molar-refractivity contribution in [2.45, 2.75) is 52.5 Å². The first kappa shape index (κ1) is 16.2. The van der Waals surface area contributed by atoms with Crippen molar-refractivity contribution in [1.82, 2.24) is 5.32 Å². The number of carbonyl (C=O) groups is 1. The summed E-state index contributed by atoms with van der Waals surface area (Å²) in [6.07, 6.45) is 4.95. The average molecular weight is 282 g/mol. The van der Waals surface area contributed by atoms with Gasteiger partial charge in [0.1, 0.15) is 0 Å². The molecule has 1 rings (SSSR count). The van der Waals surface area contributed by atoms with Gasteiger partial charge in [0, 0.05) is 13.0 Å². The lowest BCUT2D eigenvalue weighted by Crippen LogP contribution is -2.23. The van der Waals surface area contributed by atoms with E-state index in [9.17, 15) is 4.79 Å². The van der Waals surface area contributed by atoms with Crippen molar-refractivity contribution >= 4 is 17.2 Å². The molecule has 0 aliphatic carbocycles. The number of rotatable bonds is 9. The molecular formula is C15H26N2OS. The third kappa shape index (κ3) is 6.21. The van der Waals surface area contributed by atoms with Crippen LogP contribution >= 0.6 is 11.3 Å². The zero-order valence-electron chi connectivity index (χ0n) is 12.1. The third-order valence-corrected chi connectivity index (χ3v) is 4.40. The number of amides is 1. The number of nitrogens with one attached hydrogen (secondary N) is 1. The van der Waals surface area contributed by atoms with E-state index < -0.39 is 0 Å². The Labute approximate surface area is 120 Å². The second-order valence-corrected chi connectivity index (χ2v) is 5.87. The van der Waals surface area contributed by atoms with Gasteiger partial charge in [-0.2, -0.15) is 11.3 Å². The molecule has 1 aromatic rings. The molecule has 0 aromatic carbocycles. The van der Waals surface area contributed by atoms with Crippen LogP contribution in [0, 0.1) is 12.8 Å². The maximum atomic E-state index is 11.8. The number of hydrogen-bond acceptors (Lipinski definition) is 3. The number of nitrogens with two attached hydrogens (primary N) is 1. The third-order valence-electron chi connectivity index (χ3n) is 3.49. The highest BCUT2D eigenvalue weighted by atomic mass is 32.1. The Morgan fingerprint density at radius 1 is 1.37 bits per heavy atom. The van der Waals surface area contributed by atoms with E-state index in [0.717, 1.165) is 19.4 Å². The summed E-state index contributed by atoms with van der Waals surface area (Å²) in [5.41, 5.74) is 8.09. The molecule has 0 fully saturated rings. The van der Waals surface area contributed by atoms with Crippen molar-refractivity contribution in [2.24, 2.45) is 11.7 Å². The van der Waals surface area contributed by atoms with Gasteiger partial charge in [0.15, 0.2) is 0 Å². The van der Waals surface area contributed by atoms with Gasteiger partial charge < -0.3 is 11.1 Å². The molecule has 0 spiro atoms. The van der Waals surface area contributed by atoms with Crippen LogP contribution in [0.25, 0.3) is 0 Å². The summed E-state index contributed by atoms with van der Waals surface area (Å²) < 4.78 is 0. The molecule has 3 nitrogen and oxygen atoms in total. The fraction of sp³-hybridized carbons (Fsp3) is 0.667. The SMILES string of the molecule is CCCC(CCN)CCC(=O)NCc1cscc1C. The molecule has 4 heteroatoms. The van der Waals surface area contributed by atoms with E-state index in [-0.39, 0.29) is 5.91 Å². The van der Waals surface area contributed by atoms with Gasteiger partial charge >= 0.3 is 0 Å². The fourth-order valence-corrected chi connectivity index (χ4v) is 3.12. The van der Waals surface area contributed by atoms with E-state index in [1.54, 1.807) is 11.3 Å². The summed E-state index contributed by atoms with van der Waals surface area (Å²) in [5, 5.41) is 7.21. The Kier molecular flexibility index (Phi) is 7.75. The largest absolute Gasteiger partial charge is 0.352 e. The molecule has 1 heterocycles. The Morgan fingerprint density at radius 3 is 2.74 bits per heavy atom. The molecule has 0 saturated heterocycles. The normalized spacial score (nSPS) is 12.4. The van der Waals surface area contributed by atoms with Gasteiger partial charge in [0.2, 0.25) is 5.91 Å². The summed E-state index contributed by atoms with van der Waals surface area (Å²) >= 11 is 1.68. The van der Waals surface area contributed by atoms with Crippen molar-refractivity contribution in [1.29, 1.82) is 0 Å². The second kappa shape index (κ2) is 9.10. The number of hydrogen-bond donors (Lipinski definition) is 2. The average Bonchev–Trinajstić information content (AvgIpc) is 2.79. The highest BCUT2D eigenvalue weighted by Crippen LogP contribution is 2.17. The molecule has 108 valence electrons. The first-order valence-corrected chi connectivity index (χ1v) is 8.10. The Bertz CT molecular complexity index is 370. The highest BCUT2D eigenvalue weighted by molar-refractivity contribution is 7.08. The van der Waals surface area contributed by atoms with E-state index in [1.165, 1.54) is 24.0 Å². The lowest BCUT2D eigenvalue weighted by atomic mass is 9.94. The van der Waals surface area contributed by atoms with Crippen LogP contribution in [0.3, 0.4) is 0 Å². The maximum Gasteiger partial charge on any atom is 0.220 e. The molecule has 1 aromatic heterocycles. The van der Waals surface area contributed by atoms with E-state index in [2.05, 4.69) is 29.9 Å². The smallest absolute Gasteiger partial charge is 0.220 e. The van der Waals surface area contributed by atoms with Crippen LogP contribution in [0.2, 0.25) is 0 Å². The molecule has 0 radical (unpaired) electrons. The van der Waals surface area contributed by atoms with E-state index in [0.29, 0.717) is 18.9 Å². The molecule has 1 unspecified atom stereocenters. The molecule has 19 heavy (non-hydrogen) atoms. The fourth-order valence-electron chi connectivity index (χ4n) is 2.26. The Morgan fingerprint density at radius 2 is 2.16 bits per heavy atom. The number of aryl methyl sites for hydroxylation is 1. The van der Waals surface area contributed by atoms with Crippen LogP contribution in [0.1, 0.15) is 50.2 Å². The van der Waals surface area contributed by atoms with E-state index in [1.807, 2.05) is 0 Å². The predicted octanol–water partition coefficient (Wildman–Crippen LogP) is 3.22. The standard InChI is InChI=1S/C15H26N2OS/c1-3-4-13(7-8-16)5-6-15(18)17-9-14-11-19-10-12(14)2/h10-11,13H,3-9,16H2,1-2H3,(H,17,18). The van der Waals surface area contributed by atoms with Gasteiger partial charge in [-0.3, -0.25) is 4.79 Å². The highest BCUT2D eigenvalue weighted by Gasteiger charge is 2.10. The summed E-state index contributed by atoms with van der Waals surface area (Å²) in [4.78, 5) is 11.8. The lowest BCUT2D eigenvalue weighted by Gasteiger charge is -2.14. The summed E-state index contributed by atoms with van der Waals surface area (Å²) in [7, 11) is 0. The summed E-state index contributed by atoms with van der Waals surface area (Å²) in [6.45, 7) is 5.64. The van der Waals surface area contributed by atoms with Crippen molar-refractivity contribution in [3.8, 4) is 0 Å². The maximum absolute atomic E-state index is 11.8. The Balaban J connectivity index is 2.25. The van der Waals surface area contributed by atoms with Crippen LogP contribution in [0.5, 0.6) is 0 Å². The first-order chi connectivity index (χ1) is 9.17. The van der Waals surface area contributed by atoms with Crippen LogP contribution in [-0.2, 0) is 11.3 Å². The van der Waals surface area contributed by atoms with Crippen molar-refractivity contribution in [3.05, 3.63) is 21.9 Å². The lowest BCUT2D eigenvalue weighted by molar-refractivity contribution is -0.121. The van der Waals surface area contributed by atoms with Crippen molar-refractivity contribution in [2.75, 3.05) is 6.54 Å². The van der Waals surface area contributed by atoms with Gasteiger partial charge in [0.05, 0.1) is 0 Å². The summed E-state index contributed by atoms with van der Waals surface area (Å²) in [6, 6.07) is 0. The monoisotopic (exact) mass is 282 g/mol. The molecule has 3 N–H and O–H groups in total. The second-order valence-electron chi connectivity index (χ2n) is 5.13. The van der Waals surface area contributed by atoms with E-state index in [4.69, 9.17) is 5.73 Å². The number of carbonyl (C=O) groups excluding carboxylic acids is 1. The van der Waals surface area contributed by atoms with Gasteiger partial charge in [-0.1, -0.05) is 19.8 Å². The van der Waals surface area contributed by atoms with E-state index >= 15 is 0 Å². The minimum absolute atomic E-state index is 0.156. The van der Waals surface area contributed by atoms with Crippen LogP contribution in [0.4, 0.5) is 0 Å². The van der Waals surface area contributed by atoms with Crippen molar-refractivity contribution < 1.29 is 4.79 Å². The number of thiophene rings is 1. The predicted molar refractivity (Wildman–Crippen MR) is 82.2 cm³/mol. The molecule has 0 aliphatic rings. The minimum atomic E-state index is 0.156. The topological polar surface area (TPSA) is 55.1 Å². The van der Waals surface area contributed by atoms with Gasteiger partial charge in [-0.25, -0.2) is 0 Å². The van der Waals surface area contributed by atoms with Gasteiger partial charge in [-0.05, 0) is 54.1 Å². The van der Waals surface area contributed by atoms with Crippen molar-refractivity contribution in [3.63, 3.8) is 0 Å². The quantitative estimate of drug-likeness (QED) is 0.730. The van der Waals surface area contributed by atoms with Gasteiger partial charge in [-0.15, -0.1) is 0 Å². The molecule has 0 aliphatic heterocycles. The first-order valence-electron chi connectivity index (χ1n) is 7.15.